The number of ether oxygens (including phenoxy) is 3. The van der Waals surface area contributed by atoms with Gasteiger partial charge in [-0.2, -0.15) is 0 Å². The number of aliphatic carboxylic acids is 1. The summed E-state index contributed by atoms with van der Waals surface area (Å²) >= 11 is 0. The SMILES string of the molecule is CCOC[C@@H](OP(=O)(O)OC[C@H](N)C(=O)O)c1nnc(CCc2ccccc2OCc2cccc(Oc3ccccc3)c2)o1. The molecule has 4 N–H and O–H groups in total. The number of rotatable bonds is 18. The molecule has 0 amide bonds. The summed E-state index contributed by atoms with van der Waals surface area (Å²) in [5, 5.41) is 16.9. The van der Waals surface area contributed by atoms with E-state index in [4.69, 9.17) is 38.5 Å². The molecule has 4 rings (SSSR count). The highest BCUT2D eigenvalue weighted by Crippen LogP contribution is 2.47. The smallest absolute Gasteiger partial charge is 0.473 e. The second-order valence-electron chi connectivity index (χ2n) is 9.46. The Labute approximate surface area is 254 Å². The van der Waals surface area contributed by atoms with E-state index in [0.29, 0.717) is 30.9 Å². The summed E-state index contributed by atoms with van der Waals surface area (Å²) in [4.78, 5) is 21.0. The number of phosphoric acid groups is 1. The van der Waals surface area contributed by atoms with E-state index in [1.165, 1.54) is 0 Å². The van der Waals surface area contributed by atoms with Crippen molar-refractivity contribution in [3.05, 3.63) is 102 Å². The first kappa shape index (κ1) is 32.8. The lowest BCUT2D eigenvalue weighted by atomic mass is 10.1. The van der Waals surface area contributed by atoms with Crippen molar-refractivity contribution < 1.29 is 47.0 Å². The van der Waals surface area contributed by atoms with E-state index in [9.17, 15) is 14.3 Å². The van der Waals surface area contributed by atoms with Crippen LogP contribution in [0.4, 0.5) is 0 Å². The van der Waals surface area contributed by atoms with E-state index in [-0.39, 0.29) is 25.0 Å². The van der Waals surface area contributed by atoms with Crippen LogP contribution in [-0.4, -0.2) is 52.0 Å². The zero-order chi connectivity index (χ0) is 31.4. The lowest BCUT2D eigenvalue weighted by molar-refractivity contribution is -0.139. The molecule has 3 atom stereocenters. The maximum Gasteiger partial charge on any atom is 0.473 e. The van der Waals surface area contributed by atoms with Crippen LogP contribution in [0.2, 0.25) is 0 Å². The van der Waals surface area contributed by atoms with Gasteiger partial charge >= 0.3 is 13.8 Å². The normalized spacial score (nSPS) is 14.0. The first-order valence-corrected chi connectivity index (χ1v) is 15.3. The summed E-state index contributed by atoms with van der Waals surface area (Å²) in [7, 11) is -4.74. The Morgan fingerprint density at radius 3 is 2.50 bits per heavy atom. The van der Waals surface area contributed by atoms with Crippen molar-refractivity contribution in [1.82, 2.24) is 10.2 Å². The number of carbonyl (C=O) groups is 1. The number of aryl methyl sites for hydroxylation is 2. The Hall–Kier alpha value is -4.10. The molecule has 13 nitrogen and oxygen atoms in total. The van der Waals surface area contributed by atoms with Gasteiger partial charge in [0.05, 0.1) is 13.2 Å². The average Bonchev–Trinajstić information content (AvgIpc) is 3.50. The summed E-state index contributed by atoms with van der Waals surface area (Å²) in [5.74, 6) is 0.903. The fraction of sp³-hybridized carbons (Fsp3) is 0.300. The molecular weight excluding hydrogens is 593 g/mol. The van der Waals surface area contributed by atoms with E-state index in [1.54, 1.807) is 6.92 Å². The van der Waals surface area contributed by atoms with Gasteiger partial charge in [0.25, 0.3) is 0 Å². The van der Waals surface area contributed by atoms with E-state index in [1.807, 2.05) is 78.9 Å². The summed E-state index contributed by atoms with van der Waals surface area (Å²) in [6, 6.07) is 23.3. The molecule has 0 aliphatic carbocycles. The largest absolute Gasteiger partial charge is 0.489 e. The molecule has 44 heavy (non-hydrogen) atoms. The third kappa shape index (κ3) is 10.3. The van der Waals surface area contributed by atoms with Gasteiger partial charge in [-0.15, -0.1) is 10.2 Å². The Kier molecular flexibility index (Phi) is 12.0. The maximum absolute atomic E-state index is 12.4. The van der Waals surface area contributed by atoms with Crippen LogP contribution in [0.15, 0.2) is 83.3 Å². The van der Waals surface area contributed by atoms with Crippen LogP contribution in [0, 0.1) is 0 Å². The summed E-state index contributed by atoms with van der Waals surface area (Å²) in [6.45, 7) is 1.40. The lowest BCUT2D eigenvalue weighted by Gasteiger charge is -2.18. The Morgan fingerprint density at radius 2 is 1.73 bits per heavy atom. The third-order valence-corrected chi connectivity index (χ3v) is 7.07. The molecule has 1 unspecified atom stereocenters. The lowest BCUT2D eigenvalue weighted by Crippen LogP contribution is -2.34. The number of para-hydroxylation sites is 2. The van der Waals surface area contributed by atoms with Gasteiger partial charge < -0.3 is 34.4 Å². The van der Waals surface area contributed by atoms with E-state index in [0.717, 1.165) is 16.9 Å². The van der Waals surface area contributed by atoms with Crippen molar-refractivity contribution in [3.8, 4) is 17.2 Å². The van der Waals surface area contributed by atoms with Gasteiger partial charge in [0.1, 0.15) is 29.9 Å². The number of carboxylic acid groups (broad SMARTS) is 1. The standard InChI is InChI=1S/C30H34N3O10P/c1-2-38-20-27(43-44(36,37)40-19-25(31)30(34)35)29-33-32-28(42-29)16-15-22-10-6-7-14-26(22)39-18-21-9-8-13-24(17-21)41-23-11-4-3-5-12-23/h3-14,17,25,27H,2,15-16,18-20,31H2,1H3,(H,34,35)(H,36,37)/t25-,27+/m0/s1. The predicted octanol–water partition coefficient (Wildman–Crippen LogP) is 4.85. The van der Waals surface area contributed by atoms with Crippen molar-refractivity contribution in [2.45, 2.75) is 38.5 Å². The van der Waals surface area contributed by atoms with Crippen molar-refractivity contribution in [3.63, 3.8) is 0 Å². The first-order chi connectivity index (χ1) is 21.2. The van der Waals surface area contributed by atoms with Crippen LogP contribution in [0.25, 0.3) is 0 Å². The zero-order valence-corrected chi connectivity index (χ0v) is 24.9. The predicted molar refractivity (Wildman–Crippen MR) is 157 cm³/mol. The Morgan fingerprint density at radius 1 is 0.977 bits per heavy atom. The first-order valence-electron chi connectivity index (χ1n) is 13.8. The Bertz CT molecular complexity index is 1530. The molecular formula is C30H34N3O10P. The van der Waals surface area contributed by atoms with Gasteiger partial charge in [0, 0.05) is 13.0 Å². The average molecular weight is 628 g/mol. The maximum atomic E-state index is 12.4. The number of phosphoric ester groups is 1. The molecule has 0 spiro atoms. The molecule has 0 fully saturated rings. The number of benzene rings is 3. The number of aromatic nitrogens is 2. The van der Waals surface area contributed by atoms with Crippen LogP contribution in [0.1, 0.15) is 35.9 Å². The number of hydrogen-bond acceptors (Lipinski definition) is 11. The molecule has 0 saturated heterocycles. The van der Waals surface area contributed by atoms with Crippen LogP contribution >= 0.6 is 7.82 Å². The van der Waals surface area contributed by atoms with Crippen LogP contribution in [0.3, 0.4) is 0 Å². The molecule has 0 saturated carbocycles. The van der Waals surface area contributed by atoms with Crippen LogP contribution in [-0.2, 0) is 42.6 Å². The number of nitrogens with zero attached hydrogens (tertiary/aromatic N) is 2. The summed E-state index contributed by atoms with van der Waals surface area (Å²) in [6.07, 6.45) is -0.401. The fourth-order valence-corrected chi connectivity index (χ4v) is 4.77. The fourth-order valence-electron chi connectivity index (χ4n) is 3.88. The second kappa shape index (κ2) is 16.1. The molecule has 14 heteroatoms. The van der Waals surface area contributed by atoms with Gasteiger partial charge in [-0.05, 0) is 54.8 Å². The summed E-state index contributed by atoms with van der Waals surface area (Å²) in [5.41, 5.74) is 7.18. The van der Waals surface area contributed by atoms with E-state index >= 15 is 0 Å². The van der Waals surface area contributed by atoms with Gasteiger partial charge in [0.15, 0.2) is 6.10 Å². The van der Waals surface area contributed by atoms with Gasteiger partial charge in [0.2, 0.25) is 11.8 Å². The molecule has 1 heterocycles. The molecule has 3 aromatic carbocycles. The van der Waals surface area contributed by atoms with Gasteiger partial charge in [-0.1, -0.05) is 48.5 Å². The highest BCUT2D eigenvalue weighted by atomic mass is 31.2. The minimum absolute atomic E-state index is 0.101. The number of hydrogen-bond donors (Lipinski definition) is 3. The number of carboxylic acids is 1. The Balaban J connectivity index is 1.35. The van der Waals surface area contributed by atoms with Crippen molar-refractivity contribution in [1.29, 1.82) is 0 Å². The quantitative estimate of drug-likeness (QED) is 0.127. The third-order valence-electron chi connectivity index (χ3n) is 6.08. The molecule has 0 aliphatic heterocycles. The highest BCUT2D eigenvalue weighted by molar-refractivity contribution is 7.47. The summed E-state index contributed by atoms with van der Waals surface area (Å²) < 4.78 is 45.4. The highest BCUT2D eigenvalue weighted by Gasteiger charge is 2.32. The van der Waals surface area contributed by atoms with Gasteiger partial charge in [-0.3, -0.25) is 13.8 Å². The molecule has 0 aliphatic rings. The molecule has 0 radical (unpaired) electrons. The second-order valence-corrected chi connectivity index (χ2v) is 10.9. The number of nitrogens with two attached hydrogens (primary N) is 1. The van der Waals surface area contributed by atoms with Crippen molar-refractivity contribution >= 4 is 13.8 Å². The zero-order valence-electron chi connectivity index (χ0n) is 24.0. The minimum Gasteiger partial charge on any atom is -0.489 e. The van der Waals surface area contributed by atoms with Gasteiger partial charge in [-0.25, -0.2) is 4.57 Å². The van der Waals surface area contributed by atoms with E-state index < -0.39 is 32.5 Å². The molecule has 0 bridgehead atoms. The van der Waals surface area contributed by atoms with E-state index in [2.05, 4.69) is 10.2 Å². The van der Waals surface area contributed by atoms with Crippen LogP contribution < -0.4 is 15.2 Å². The van der Waals surface area contributed by atoms with Crippen molar-refractivity contribution in [2.24, 2.45) is 5.73 Å². The monoisotopic (exact) mass is 627 g/mol. The molecule has 1 aromatic heterocycles. The topological polar surface area (TPSA) is 186 Å². The van der Waals surface area contributed by atoms with Crippen molar-refractivity contribution in [2.75, 3.05) is 19.8 Å². The minimum atomic E-state index is -4.74. The van der Waals surface area contributed by atoms with Crippen LogP contribution in [0.5, 0.6) is 17.2 Å². The molecule has 234 valence electrons. The molecule has 4 aromatic rings.